The van der Waals surface area contributed by atoms with Crippen LogP contribution in [-0.2, 0) is 9.66 Å². The first-order chi connectivity index (χ1) is 6.13. The number of epoxide rings is 1. The Labute approximate surface area is 118 Å². The number of fused-ring (bicyclic) bond motifs is 1. The van der Waals surface area contributed by atoms with E-state index in [0.717, 1.165) is 5.92 Å². The quantitative estimate of drug-likeness (QED) is 0.266. The summed E-state index contributed by atoms with van der Waals surface area (Å²) in [6.07, 6.45) is 7.11. The van der Waals surface area contributed by atoms with Crippen LogP contribution in [0.5, 0.6) is 0 Å². The molecule has 0 bridgehead atoms. The third-order valence-corrected chi connectivity index (χ3v) is 2.38. The molecule has 1 aliphatic carbocycles. The molecule has 0 N–H and O–H groups in total. The molecule has 1 heterocycles. The first-order valence-corrected chi connectivity index (χ1v) is 17.7. The van der Waals surface area contributed by atoms with Crippen LogP contribution in [0.2, 0.25) is 0 Å². The van der Waals surface area contributed by atoms with Crippen molar-refractivity contribution in [3.05, 3.63) is 12.7 Å². The SMILES string of the molecule is C=CC1CCC2OC2C1.[I][V]([I])[I]. The van der Waals surface area contributed by atoms with Crippen molar-refractivity contribution < 1.29 is 9.66 Å². The van der Waals surface area contributed by atoms with E-state index in [1.807, 2.05) is 0 Å². The second-order valence-electron chi connectivity index (χ2n) is 3.21. The van der Waals surface area contributed by atoms with Gasteiger partial charge in [0.2, 0.25) is 0 Å². The number of rotatable bonds is 1. The van der Waals surface area contributed by atoms with Gasteiger partial charge in [-0.2, -0.15) is 0 Å². The van der Waals surface area contributed by atoms with E-state index in [4.69, 9.17) is 4.74 Å². The third-order valence-electron chi connectivity index (χ3n) is 2.38. The van der Waals surface area contributed by atoms with Crippen LogP contribution in [0, 0.1) is 5.92 Å². The van der Waals surface area contributed by atoms with Crippen LogP contribution in [-0.4, -0.2) is 12.2 Å². The zero-order chi connectivity index (χ0) is 9.84. The fraction of sp³-hybridized carbons (Fsp3) is 0.750. The standard InChI is InChI=1S/C8H12O.3HI.V/c1-2-6-3-4-7-8(5-6)9-7;;;;/h2,6-8H,1,3-5H2;3*1H;/q;;;;+3/p-3. The zero-order valence-corrected chi connectivity index (χ0v) is 15.0. The fourth-order valence-electron chi connectivity index (χ4n) is 1.65. The van der Waals surface area contributed by atoms with Crippen LogP contribution >= 0.6 is 59.9 Å². The van der Waals surface area contributed by atoms with Gasteiger partial charge in [-0.25, -0.2) is 0 Å². The van der Waals surface area contributed by atoms with Crippen LogP contribution in [0.1, 0.15) is 19.3 Å². The van der Waals surface area contributed by atoms with E-state index in [2.05, 4.69) is 72.6 Å². The van der Waals surface area contributed by atoms with E-state index in [-0.39, 0.29) is 4.92 Å². The fourth-order valence-corrected chi connectivity index (χ4v) is 1.65. The topological polar surface area (TPSA) is 12.5 Å². The molecule has 76 valence electrons. The summed E-state index contributed by atoms with van der Waals surface area (Å²) < 4.78 is 5.36. The van der Waals surface area contributed by atoms with E-state index in [1.54, 1.807) is 0 Å². The minimum atomic E-state index is -0.278. The van der Waals surface area contributed by atoms with E-state index < -0.39 is 0 Å². The predicted molar refractivity (Wildman–Crippen MR) is 78.3 cm³/mol. The van der Waals surface area contributed by atoms with E-state index in [0.29, 0.717) is 12.2 Å². The average molecular weight is 556 g/mol. The Balaban J connectivity index is 0.000000184. The minimum absolute atomic E-state index is 0.278. The normalized spacial score (nSPS) is 35.8. The van der Waals surface area contributed by atoms with Gasteiger partial charge in [0, 0.05) is 0 Å². The molecule has 0 radical (unpaired) electrons. The second-order valence-corrected chi connectivity index (χ2v) is 38.6. The Morgan fingerprint density at radius 1 is 1.23 bits per heavy atom. The Bertz CT molecular complexity index is 174. The third kappa shape index (κ3) is 5.94. The molecule has 1 saturated carbocycles. The van der Waals surface area contributed by atoms with Crippen LogP contribution in [0.4, 0.5) is 0 Å². The number of hydrogen-bond acceptors (Lipinski definition) is 1. The van der Waals surface area contributed by atoms with Gasteiger partial charge in [-0.15, -0.1) is 6.58 Å². The Kier molecular flexibility index (Phi) is 7.22. The molecular weight excluding hydrogens is 544 g/mol. The molecular formula is C8H12I3OV. The van der Waals surface area contributed by atoms with Gasteiger partial charge < -0.3 is 4.74 Å². The van der Waals surface area contributed by atoms with Gasteiger partial charge in [0.05, 0.1) is 12.2 Å². The van der Waals surface area contributed by atoms with Gasteiger partial charge in [0.15, 0.2) is 0 Å². The summed E-state index contributed by atoms with van der Waals surface area (Å²) in [5.74, 6) is 0.744. The Hall–Kier alpha value is 2.47. The number of ether oxygens (including phenoxy) is 1. The maximum absolute atomic E-state index is 5.36. The molecule has 2 rings (SSSR count). The van der Waals surface area contributed by atoms with Gasteiger partial charge in [0.1, 0.15) is 0 Å². The summed E-state index contributed by atoms with van der Waals surface area (Å²) in [5.41, 5.74) is 0. The van der Waals surface area contributed by atoms with Crippen LogP contribution in [0.25, 0.3) is 0 Å². The molecule has 2 fully saturated rings. The molecule has 0 aromatic carbocycles. The summed E-state index contributed by atoms with van der Waals surface area (Å²) in [7, 11) is 0. The molecule has 2 aliphatic rings. The summed E-state index contributed by atoms with van der Waals surface area (Å²) in [4.78, 5) is -0.278. The van der Waals surface area contributed by atoms with Crippen molar-refractivity contribution in [3.63, 3.8) is 0 Å². The first kappa shape index (κ1) is 13.5. The van der Waals surface area contributed by atoms with E-state index in [9.17, 15) is 0 Å². The Morgan fingerprint density at radius 2 is 1.85 bits per heavy atom. The molecule has 13 heavy (non-hydrogen) atoms. The molecule has 1 saturated heterocycles. The molecule has 0 amide bonds. The molecule has 3 atom stereocenters. The molecule has 5 heteroatoms. The zero-order valence-electron chi connectivity index (χ0n) is 7.13. The van der Waals surface area contributed by atoms with Crippen LogP contribution in [0.15, 0.2) is 12.7 Å². The van der Waals surface area contributed by atoms with E-state index >= 15 is 0 Å². The summed E-state index contributed by atoms with van der Waals surface area (Å²) in [6.45, 7) is 3.78. The molecule has 1 nitrogen and oxygen atoms in total. The van der Waals surface area contributed by atoms with Crippen molar-refractivity contribution in [3.8, 4) is 0 Å². The molecule has 0 aromatic heterocycles. The Morgan fingerprint density at radius 3 is 2.31 bits per heavy atom. The average Bonchev–Trinajstić information content (AvgIpc) is 2.80. The summed E-state index contributed by atoms with van der Waals surface area (Å²) in [6, 6.07) is 0. The molecule has 1 aliphatic heterocycles. The predicted octanol–water partition coefficient (Wildman–Crippen LogP) is 4.39. The van der Waals surface area contributed by atoms with Crippen molar-refractivity contribution in [1.82, 2.24) is 0 Å². The van der Waals surface area contributed by atoms with Gasteiger partial charge in [0.25, 0.3) is 0 Å². The molecule has 3 unspecified atom stereocenters. The molecule has 0 spiro atoms. The van der Waals surface area contributed by atoms with Crippen molar-refractivity contribution in [2.24, 2.45) is 5.92 Å². The van der Waals surface area contributed by atoms with Crippen molar-refractivity contribution in [2.45, 2.75) is 31.5 Å². The van der Waals surface area contributed by atoms with Gasteiger partial charge in [-0.3, -0.25) is 0 Å². The second kappa shape index (κ2) is 6.93. The number of halogens is 3. The van der Waals surface area contributed by atoms with E-state index in [1.165, 1.54) is 19.3 Å². The van der Waals surface area contributed by atoms with Crippen molar-refractivity contribution in [1.29, 1.82) is 0 Å². The molecule has 0 aromatic rings. The monoisotopic (exact) mass is 556 g/mol. The maximum atomic E-state index is 5.36. The number of allylic oxidation sites excluding steroid dienone is 1. The van der Waals surface area contributed by atoms with Gasteiger partial charge >= 0.3 is 64.9 Å². The van der Waals surface area contributed by atoms with Gasteiger partial charge in [-0.1, -0.05) is 6.08 Å². The van der Waals surface area contributed by atoms with Crippen LogP contribution in [0.3, 0.4) is 0 Å². The summed E-state index contributed by atoms with van der Waals surface area (Å²) in [5, 5.41) is 0. The van der Waals surface area contributed by atoms with Gasteiger partial charge in [-0.05, 0) is 25.2 Å². The van der Waals surface area contributed by atoms with Crippen LogP contribution < -0.4 is 0 Å². The van der Waals surface area contributed by atoms with Crippen molar-refractivity contribution >= 4 is 59.9 Å². The van der Waals surface area contributed by atoms with Crippen molar-refractivity contribution in [2.75, 3.05) is 0 Å². The number of hydrogen-bond donors (Lipinski definition) is 0. The first-order valence-electron chi connectivity index (χ1n) is 4.19. The summed E-state index contributed by atoms with van der Waals surface area (Å²) >= 11 is 7.39.